The number of rotatable bonds is 12. The van der Waals surface area contributed by atoms with Crippen molar-refractivity contribution in [2.75, 3.05) is 0 Å². The molecule has 10 nitrogen and oxygen atoms in total. The van der Waals surface area contributed by atoms with Crippen LogP contribution in [0.5, 0.6) is 0 Å². The van der Waals surface area contributed by atoms with Crippen molar-refractivity contribution < 1.29 is 29.4 Å². The van der Waals surface area contributed by atoms with E-state index in [1.807, 2.05) is 26.0 Å². The zero-order chi connectivity index (χ0) is 31.6. The van der Waals surface area contributed by atoms with Crippen molar-refractivity contribution in [2.24, 2.45) is 0 Å². The summed E-state index contributed by atoms with van der Waals surface area (Å²) in [7, 11) is 0. The maximum atomic E-state index is 12.3. The predicted octanol–water partition coefficient (Wildman–Crippen LogP) is 4.53. The lowest BCUT2D eigenvalue weighted by atomic mass is 9.98. The van der Waals surface area contributed by atoms with E-state index >= 15 is 0 Å². The van der Waals surface area contributed by atoms with Crippen molar-refractivity contribution in [2.45, 2.75) is 59.8 Å². The van der Waals surface area contributed by atoms with Gasteiger partial charge < -0.3 is 30.8 Å². The molecule has 0 atom stereocenters. The van der Waals surface area contributed by atoms with Gasteiger partial charge in [-0.2, -0.15) is 0 Å². The Bertz CT molecular complexity index is 1580. The first-order valence-electron chi connectivity index (χ1n) is 13.9. The summed E-state index contributed by atoms with van der Waals surface area (Å²) in [6.07, 6.45) is 7.67. The van der Waals surface area contributed by atoms with Crippen molar-refractivity contribution in [3.63, 3.8) is 0 Å². The van der Waals surface area contributed by atoms with Crippen LogP contribution in [0.15, 0.2) is 59.0 Å². The quantitative estimate of drug-likeness (QED) is 0.215. The van der Waals surface area contributed by atoms with Crippen LogP contribution in [-0.4, -0.2) is 43.9 Å². The van der Waals surface area contributed by atoms with Crippen LogP contribution < -0.4 is 10.6 Å². The third-order valence-corrected chi connectivity index (χ3v) is 8.10. The van der Waals surface area contributed by atoms with E-state index in [4.69, 9.17) is 0 Å². The lowest BCUT2D eigenvalue weighted by Crippen LogP contribution is -2.15. The highest BCUT2D eigenvalue weighted by molar-refractivity contribution is 6.02. The second kappa shape index (κ2) is 12.4. The summed E-state index contributed by atoms with van der Waals surface area (Å²) < 4.78 is 0. The highest BCUT2D eigenvalue weighted by atomic mass is 16.4. The fourth-order valence-corrected chi connectivity index (χ4v) is 5.61. The second-order valence-corrected chi connectivity index (χ2v) is 10.7. The van der Waals surface area contributed by atoms with E-state index in [1.54, 1.807) is 26.0 Å². The molecule has 0 aromatic carbocycles. The molecule has 0 radical (unpaired) electrons. The molecule has 4 heterocycles. The number of amides is 2. The average Bonchev–Trinajstić information content (AvgIpc) is 3.59. The molecule has 0 fully saturated rings. The molecule has 0 unspecified atom stereocenters. The van der Waals surface area contributed by atoms with Crippen molar-refractivity contribution in [1.82, 2.24) is 20.6 Å². The van der Waals surface area contributed by atoms with Gasteiger partial charge in [-0.3, -0.25) is 19.2 Å². The molecule has 224 valence electrons. The Morgan fingerprint density at radius 3 is 1.40 bits per heavy atom. The molecule has 2 amide bonds. The fourth-order valence-electron chi connectivity index (χ4n) is 5.61. The minimum absolute atomic E-state index is 0.0714. The third-order valence-electron chi connectivity index (χ3n) is 8.10. The van der Waals surface area contributed by atoms with Gasteiger partial charge >= 0.3 is 11.9 Å². The molecule has 0 saturated carbocycles. The molecule has 2 aliphatic heterocycles. The largest absolute Gasteiger partial charge is 0.481 e. The number of carbonyl (C=O) groups is 4. The number of aliphatic carboxylic acids is 2. The highest BCUT2D eigenvalue weighted by Crippen LogP contribution is 2.31. The monoisotopic (exact) mass is 584 g/mol. The van der Waals surface area contributed by atoms with Gasteiger partial charge in [0.15, 0.2) is 0 Å². The average molecular weight is 585 g/mol. The van der Waals surface area contributed by atoms with Gasteiger partial charge in [-0.1, -0.05) is 25.3 Å². The van der Waals surface area contributed by atoms with Crippen LogP contribution >= 0.6 is 0 Å². The van der Waals surface area contributed by atoms with Crippen LogP contribution in [0, 0.1) is 13.8 Å². The van der Waals surface area contributed by atoms with Crippen molar-refractivity contribution in [3.8, 4) is 0 Å². The molecule has 43 heavy (non-hydrogen) atoms. The summed E-state index contributed by atoms with van der Waals surface area (Å²) in [4.78, 5) is 54.5. The molecular weight excluding hydrogens is 548 g/mol. The zero-order valence-electron chi connectivity index (χ0n) is 24.8. The molecule has 4 rings (SSSR count). The van der Waals surface area contributed by atoms with Crippen LogP contribution in [0.4, 0.5) is 0 Å². The standard InChI is InChI=1S/C33H36N4O6/c1-7-20-18(5)32(42)36-26(20)13-24-16(3)22(9-11-30(38)39)28(34-24)15-29-23(10-12-31(40)41)17(4)25(35-29)14-27-21(8-2)19(6)33(43)37-27/h7-8,13-14,34-35H,1-2,9-12,15H2,3-6H3,(H,36,42)(H,37,43)(H,38,39)(H,40,41)/b26-13-,27-14-. The minimum Gasteiger partial charge on any atom is -0.481 e. The van der Waals surface area contributed by atoms with E-state index in [0.717, 1.165) is 45.0 Å². The lowest BCUT2D eigenvalue weighted by Gasteiger charge is -2.07. The van der Waals surface area contributed by atoms with E-state index in [1.165, 1.54) is 0 Å². The van der Waals surface area contributed by atoms with E-state index in [0.29, 0.717) is 40.1 Å². The molecule has 0 saturated heterocycles. The number of carboxylic acid groups (broad SMARTS) is 2. The normalized spacial score (nSPS) is 16.8. The van der Waals surface area contributed by atoms with Crippen molar-refractivity contribution in [3.05, 3.63) is 104 Å². The lowest BCUT2D eigenvalue weighted by molar-refractivity contribution is -0.138. The Labute approximate surface area is 249 Å². The van der Waals surface area contributed by atoms with Gasteiger partial charge in [0, 0.05) is 64.3 Å². The number of hydrogen-bond donors (Lipinski definition) is 6. The number of H-pyrrole nitrogens is 2. The second-order valence-electron chi connectivity index (χ2n) is 10.7. The first kappa shape index (κ1) is 30.8. The Morgan fingerprint density at radius 1 is 0.698 bits per heavy atom. The number of allylic oxidation sites excluding steroid dienone is 2. The molecule has 0 spiro atoms. The number of aromatic amines is 2. The molecule has 6 N–H and O–H groups in total. The number of hydrogen-bond acceptors (Lipinski definition) is 4. The number of carbonyl (C=O) groups excluding carboxylic acids is 2. The van der Waals surface area contributed by atoms with Gasteiger partial charge in [0.05, 0.1) is 11.4 Å². The highest BCUT2D eigenvalue weighted by Gasteiger charge is 2.25. The van der Waals surface area contributed by atoms with E-state index in [9.17, 15) is 29.4 Å². The summed E-state index contributed by atoms with van der Waals surface area (Å²) in [5.41, 5.74) is 10.1. The Kier molecular flexibility index (Phi) is 8.89. The number of nitrogens with one attached hydrogen (secondary N) is 4. The first-order valence-corrected chi connectivity index (χ1v) is 13.9. The predicted molar refractivity (Wildman–Crippen MR) is 164 cm³/mol. The van der Waals surface area contributed by atoms with Crippen molar-refractivity contribution in [1.29, 1.82) is 0 Å². The van der Waals surface area contributed by atoms with Crippen LogP contribution in [-0.2, 0) is 38.4 Å². The van der Waals surface area contributed by atoms with E-state index < -0.39 is 11.9 Å². The molecule has 2 aromatic heterocycles. The molecule has 0 aliphatic carbocycles. The SMILES string of the molecule is C=CC1=C(C)C(=O)N/C1=C\c1[nH]c(Cc2[nH]c(/C=C3\NC(=O)C(C)=C3C=C)c(C)c2CCC(=O)O)c(CCC(=O)O)c1C. The van der Waals surface area contributed by atoms with Gasteiger partial charge in [0.25, 0.3) is 11.8 Å². The van der Waals surface area contributed by atoms with Crippen LogP contribution in [0.25, 0.3) is 12.2 Å². The number of aromatic nitrogens is 2. The van der Waals surface area contributed by atoms with Gasteiger partial charge in [0.1, 0.15) is 0 Å². The summed E-state index contributed by atoms with van der Waals surface area (Å²) in [5.74, 6) is -2.25. The summed E-state index contributed by atoms with van der Waals surface area (Å²) in [5, 5.41) is 24.6. The smallest absolute Gasteiger partial charge is 0.303 e. The van der Waals surface area contributed by atoms with Crippen LogP contribution in [0.2, 0.25) is 0 Å². The summed E-state index contributed by atoms with van der Waals surface area (Å²) >= 11 is 0. The fraction of sp³-hybridized carbons (Fsp3) is 0.273. The van der Waals surface area contributed by atoms with Crippen LogP contribution in [0.3, 0.4) is 0 Å². The summed E-state index contributed by atoms with van der Waals surface area (Å²) in [6.45, 7) is 14.9. The van der Waals surface area contributed by atoms with Gasteiger partial charge in [-0.15, -0.1) is 0 Å². The minimum atomic E-state index is -0.922. The molecule has 0 bridgehead atoms. The van der Waals surface area contributed by atoms with Gasteiger partial charge in [-0.05, 0) is 74.9 Å². The molecular formula is C33H36N4O6. The maximum absolute atomic E-state index is 12.3. The van der Waals surface area contributed by atoms with Crippen molar-refractivity contribution >= 4 is 35.9 Å². The Morgan fingerprint density at radius 2 is 1.07 bits per heavy atom. The van der Waals surface area contributed by atoms with Gasteiger partial charge in [0.2, 0.25) is 0 Å². The summed E-state index contributed by atoms with van der Waals surface area (Å²) in [6, 6.07) is 0. The van der Waals surface area contributed by atoms with E-state index in [-0.39, 0.29) is 37.5 Å². The molecule has 2 aliphatic rings. The Balaban J connectivity index is 1.81. The first-order chi connectivity index (χ1) is 20.4. The Hall–Kier alpha value is -5.12. The maximum Gasteiger partial charge on any atom is 0.303 e. The zero-order valence-corrected chi connectivity index (χ0v) is 24.8. The van der Waals surface area contributed by atoms with Gasteiger partial charge in [-0.25, -0.2) is 0 Å². The molecule has 10 heteroatoms. The molecule has 2 aromatic rings. The number of carboxylic acids is 2. The van der Waals surface area contributed by atoms with Crippen LogP contribution in [0.1, 0.15) is 71.7 Å². The third kappa shape index (κ3) is 6.23. The van der Waals surface area contributed by atoms with E-state index in [2.05, 4.69) is 33.8 Å². The topological polar surface area (TPSA) is 164 Å².